The minimum atomic E-state index is -0.736. The van der Waals surface area contributed by atoms with Gasteiger partial charge in [-0.3, -0.25) is 9.59 Å². The van der Waals surface area contributed by atoms with Gasteiger partial charge in [-0.25, -0.2) is 4.79 Å². The largest absolute Gasteiger partial charge is 0.452 e. The van der Waals surface area contributed by atoms with Crippen LogP contribution in [0.1, 0.15) is 16.1 Å². The summed E-state index contributed by atoms with van der Waals surface area (Å²) in [4.78, 5) is 38.2. The predicted molar refractivity (Wildman–Crippen MR) is 115 cm³/mol. The number of esters is 1. The highest BCUT2D eigenvalue weighted by atomic mass is 35.5. The first-order valence-electron chi connectivity index (χ1n) is 9.34. The van der Waals surface area contributed by atoms with Crippen molar-refractivity contribution in [1.82, 2.24) is 10.1 Å². The number of carbonyl (C=O) groups excluding carboxylic acids is 3. The van der Waals surface area contributed by atoms with E-state index in [-0.39, 0.29) is 17.9 Å². The average Bonchev–Trinajstić information content (AvgIpc) is 3.15. The number of hydrogen-bond acceptors (Lipinski definition) is 6. The molecule has 8 nitrogen and oxygen atoms in total. The van der Waals surface area contributed by atoms with Crippen LogP contribution < -0.4 is 5.32 Å². The van der Waals surface area contributed by atoms with Gasteiger partial charge in [-0.2, -0.15) is 0 Å². The lowest BCUT2D eigenvalue weighted by atomic mass is 10.1. The Kier molecular flexibility index (Phi) is 7.04. The van der Waals surface area contributed by atoms with Crippen molar-refractivity contribution in [3.05, 3.63) is 70.9 Å². The van der Waals surface area contributed by atoms with E-state index in [1.54, 1.807) is 55.5 Å². The van der Waals surface area contributed by atoms with Gasteiger partial charge in [0, 0.05) is 12.6 Å². The lowest BCUT2D eigenvalue weighted by Crippen LogP contribution is -2.37. The second kappa shape index (κ2) is 9.90. The van der Waals surface area contributed by atoms with Gasteiger partial charge in [0.05, 0.1) is 17.3 Å². The zero-order chi connectivity index (χ0) is 22.4. The molecule has 1 heterocycles. The Morgan fingerprint density at radius 2 is 1.77 bits per heavy atom. The Morgan fingerprint density at radius 3 is 2.48 bits per heavy atom. The summed E-state index contributed by atoms with van der Waals surface area (Å²) in [6, 6.07) is 15.8. The van der Waals surface area contributed by atoms with E-state index in [0.29, 0.717) is 22.0 Å². The van der Waals surface area contributed by atoms with Crippen molar-refractivity contribution in [1.29, 1.82) is 0 Å². The number of nitrogens with one attached hydrogen (secondary N) is 1. The maximum atomic E-state index is 12.6. The Bertz CT molecular complexity index is 1100. The molecule has 160 valence electrons. The molecule has 0 aliphatic carbocycles. The first-order valence-corrected chi connectivity index (χ1v) is 9.71. The number of carbonyl (C=O) groups is 3. The number of amides is 2. The number of likely N-dealkylation sites (N-methyl/N-ethyl adjacent to an activating group) is 1. The van der Waals surface area contributed by atoms with Gasteiger partial charge in [0.25, 0.3) is 5.91 Å². The summed E-state index contributed by atoms with van der Waals surface area (Å²) in [5.41, 5.74) is 1.62. The minimum absolute atomic E-state index is 0.151. The zero-order valence-electron chi connectivity index (χ0n) is 16.9. The standard InChI is InChI=1S/C22H20ClN3O5/c1-14-20(21(25-31-14)15-8-4-3-5-9-15)22(29)30-13-19(28)26(2)12-18(27)24-17-11-7-6-10-16(17)23/h3-11H,12-13H2,1-2H3,(H,24,27). The minimum Gasteiger partial charge on any atom is -0.452 e. The van der Waals surface area contributed by atoms with Gasteiger partial charge >= 0.3 is 5.97 Å². The maximum Gasteiger partial charge on any atom is 0.344 e. The second-order valence-corrected chi connectivity index (χ2v) is 7.09. The molecule has 3 rings (SSSR count). The third-order valence-corrected chi connectivity index (χ3v) is 4.72. The quantitative estimate of drug-likeness (QED) is 0.562. The van der Waals surface area contributed by atoms with Crippen LogP contribution >= 0.6 is 11.6 Å². The number of rotatable bonds is 7. The summed E-state index contributed by atoms with van der Waals surface area (Å²) in [7, 11) is 1.43. The van der Waals surface area contributed by atoms with Crippen LogP contribution in [0.2, 0.25) is 5.02 Å². The molecule has 1 N–H and O–H groups in total. The van der Waals surface area contributed by atoms with Gasteiger partial charge in [0.1, 0.15) is 17.0 Å². The molecule has 0 saturated heterocycles. The zero-order valence-corrected chi connectivity index (χ0v) is 17.7. The molecule has 0 radical (unpaired) electrons. The first-order chi connectivity index (χ1) is 14.9. The Hall–Kier alpha value is -3.65. The Balaban J connectivity index is 1.57. The van der Waals surface area contributed by atoms with Gasteiger partial charge < -0.3 is 19.5 Å². The number of anilines is 1. The van der Waals surface area contributed by atoms with Crippen LogP contribution in [0.4, 0.5) is 5.69 Å². The van der Waals surface area contributed by atoms with E-state index in [9.17, 15) is 14.4 Å². The maximum absolute atomic E-state index is 12.6. The van der Waals surface area contributed by atoms with Crippen LogP contribution in [0.15, 0.2) is 59.1 Å². The lowest BCUT2D eigenvalue weighted by Gasteiger charge is -2.17. The number of halogens is 1. The third kappa shape index (κ3) is 5.49. The fourth-order valence-electron chi connectivity index (χ4n) is 2.77. The fourth-order valence-corrected chi connectivity index (χ4v) is 2.95. The van der Waals surface area contributed by atoms with Crippen LogP contribution in [0.25, 0.3) is 11.3 Å². The number of ether oxygens (including phenoxy) is 1. The monoisotopic (exact) mass is 441 g/mol. The van der Waals surface area contributed by atoms with Crippen molar-refractivity contribution in [3.8, 4) is 11.3 Å². The van der Waals surface area contributed by atoms with E-state index in [4.69, 9.17) is 20.9 Å². The molecule has 0 aliphatic rings. The number of nitrogens with zero attached hydrogens (tertiary/aromatic N) is 2. The van der Waals surface area contributed by atoms with Gasteiger partial charge in [-0.1, -0.05) is 59.2 Å². The van der Waals surface area contributed by atoms with Crippen molar-refractivity contribution in [2.75, 3.05) is 25.5 Å². The van der Waals surface area contributed by atoms with E-state index in [2.05, 4.69) is 10.5 Å². The summed E-state index contributed by atoms with van der Waals surface area (Å²) in [5.74, 6) is -1.43. The summed E-state index contributed by atoms with van der Waals surface area (Å²) in [5, 5.41) is 6.93. The molecule has 9 heteroatoms. The van der Waals surface area contributed by atoms with E-state index in [0.717, 1.165) is 4.90 Å². The topological polar surface area (TPSA) is 102 Å². The highest BCUT2D eigenvalue weighted by Crippen LogP contribution is 2.25. The second-order valence-electron chi connectivity index (χ2n) is 6.68. The number of aryl methyl sites for hydroxylation is 1. The van der Waals surface area contributed by atoms with Crippen molar-refractivity contribution in [3.63, 3.8) is 0 Å². The SMILES string of the molecule is Cc1onc(-c2ccccc2)c1C(=O)OCC(=O)N(C)CC(=O)Nc1ccccc1Cl. The van der Waals surface area contributed by atoms with Gasteiger partial charge in [0.15, 0.2) is 6.61 Å². The smallest absolute Gasteiger partial charge is 0.344 e. The predicted octanol–water partition coefficient (Wildman–Crippen LogP) is 3.56. The molecule has 0 aliphatic heterocycles. The normalized spacial score (nSPS) is 10.4. The van der Waals surface area contributed by atoms with Crippen LogP contribution in [-0.2, 0) is 14.3 Å². The summed E-state index contributed by atoms with van der Waals surface area (Å²) < 4.78 is 10.3. The molecule has 0 fully saturated rings. The van der Waals surface area contributed by atoms with Crippen molar-refractivity contribution in [2.24, 2.45) is 0 Å². The molecule has 0 saturated carbocycles. The molecular formula is C22H20ClN3O5. The fraction of sp³-hybridized carbons (Fsp3) is 0.182. The Morgan fingerprint density at radius 1 is 1.10 bits per heavy atom. The molecule has 0 bridgehead atoms. The van der Waals surface area contributed by atoms with Gasteiger partial charge in [-0.05, 0) is 19.1 Å². The Labute approximate surface area is 183 Å². The van der Waals surface area contributed by atoms with E-state index in [1.807, 2.05) is 6.07 Å². The first kappa shape index (κ1) is 22.0. The highest BCUT2D eigenvalue weighted by molar-refractivity contribution is 6.33. The van der Waals surface area contributed by atoms with E-state index in [1.165, 1.54) is 7.05 Å². The van der Waals surface area contributed by atoms with Crippen LogP contribution in [-0.4, -0.2) is 48.0 Å². The third-order valence-electron chi connectivity index (χ3n) is 4.40. The van der Waals surface area contributed by atoms with Crippen molar-refractivity contribution in [2.45, 2.75) is 6.92 Å². The molecule has 0 atom stereocenters. The molecule has 1 aromatic heterocycles. The summed E-state index contributed by atoms with van der Waals surface area (Å²) >= 11 is 6.01. The van der Waals surface area contributed by atoms with Gasteiger partial charge in [0.2, 0.25) is 5.91 Å². The molecule has 31 heavy (non-hydrogen) atoms. The van der Waals surface area contributed by atoms with Gasteiger partial charge in [-0.15, -0.1) is 0 Å². The van der Waals surface area contributed by atoms with E-state index < -0.39 is 24.4 Å². The number of benzene rings is 2. The molecule has 2 aromatic carbocycles. The molecule has 2 amide bonds. The van der Waals surface area contributed by atoms with Crippen LogP contribution in [0, 0.1) is 6.92 Å². The average molecular weight is 442 g/mol. The van der Waals surface area contributed by atoms with Crippen molar-refractivity contribution >= 4 is 35.1 Å². The molecule has 3 aromatic rings. The molecule has 0 unspecified atom stereocenters. The van der Waals surface area contributed by atoms with E-state index >= 15 is 0 Å². The number of hydrogen-bond donors (Lipinski definition) is 1. The highest BCUT2D eigenvalue weighted by Gasteiger charge is 2.24. The van der Waals surface area contributed by atoms with Crippen molar-refractivity contribution < 1.29 is 23.6 Å². The van der Waals surface area contributed by atoms with Crippen LogP contribution in [0.5, 0.6) is 0 Å². The number of para-hydroxylation sites is 1. The summed E-state index contributed by atoms with van der Waals surface area (Å²) in [6.07, 6.45) is 0. The lowest BCUT2D eigenvalue weighted by molar-refractivity contribution is -0.136. The summed E-state index contributed by atoms with van der Waals surface area (Å²) in [6.45, 7) is 0.819. The van der Waals surface area contributed by atoms with Crippen LogP contribution in [0.3, 0.4) is 0 Å². The molecule has 0 spiro atoms. The number of aromatic nitrogens is 1. The molecular weight excluding hydrogens is 422 g/mol.